The topological polar surface area (TPSA) is 9.23 Å². The van der Waals surface area contributed by atoms with Crippen LogP contribution in [0.25, 0.3) is 0 Å². The maximum atomic E-state index is 5.50. The SMILES string of the molecule is CC(C)CO[SiH2]C(C)C. The van der Waals surface area contributed by atoms with E-state index in [-0.39, 0.29) is 9.76 Å². The van der Waals surface area contributed by atoms with Crippen LogP contribution in [0.4, 0.5) is 0 Å². The monoisotopic (exact) mass is 146 g/mol. The Hall–Kier alpha value is 0.177. The highest BCUT2D eigenvalue weighted by Crippen LogP contribution is 1.99. The molecule has 0 unspecified atom stereocenters. The molecule has 0 spiro atoms. The molecule has 0 aliphatic rings. The third-order valence-corrected chi connectivity index (χ3v) is 2.04. The smallest absolute Gasteiger partial charge is 0.164 e. The van der Waals surface area contributed by atoms with E-state index in [1.54, 1.807) is 0 Å². The Balaban J connectivity index is 2.91. The highest BCUT2D eigenvalue weighted by molar-refractivity contribution is 6.29. The van der Waals surface area contributed by atoms with Gasteiger partial charge in [-0.3, -0.25) is 0 Å². The summed E-state index contributed by atoms with van der Waals surface area (Å²) in [5.74, 6) is 0.705. The van der Waals surface area contributed by atoms with Crippen molar-refractivity contribution in [3.05, 3.63) is 0 Å². The predicted molar refractivity (Wildman–Crippen MR) is 44.4 cm³/mol. The predicted octanol–water partition coefficient (Wildman–Crippen LogP) is 1.57. The van der Waals surface area contributed by atoms with Crippen molar-refractivity contribution in [2.24, 2.45) is 5.92 Å². The zero-order valence-electron chi connectivity index (χ0n) is 6.98. The Kier molecular flexibility index (Phi) is 5.10. The van der Waals surface area contributed by atoms with Crippen LogP contribution in [-0.2, 0) is 4.43 Å². The first-order valence-corrected chi connectivity index (χ1v) is 5.10. The molecule has 9 heavy (non-hydrogen) atoms. The highest BCUT2D eigenvalue weighted by Gasteiger charge is 1.96. The summed E-state index contributed by atoms with van der Waals surface area (Å²) >= 11 is 0. The van der Waals surface area contributed by atoms with E-state index in [1.165, 1.54) is 0 Å². The van der Waals surface area contributed by atoms with Crippen LogP contribution in [0.5, 0.6) is 0 Å². The average molecular weight is 146 g/mol. The lowest BCUT2D eigenvalue weighted by Gasteiger charge is -2.07. The first-order valence-electron chi connectivity index (χ1n) is 3.70. The summed E-state index contributed by atoms with van der Waals surface area (Å²) in [7, 11) is -0.197. The summed E-state index contributed by atoms with van der Waals surface area (Å²) in [6.07, 6.45) is 0. The summed E-state index contributed by atoms with van der Waals surface area (Å²) in [5, 5.41) is 0. The van der Waals surface area contributed by atoms with E-state index in [0.29, 0.717) is 5.92 Å². The molecule has 0 saturated carbocycles. The molecule has 0 atom stereocenters. The molecule has 0 aromatic rings. The molecule has 2 heteroatoms. The normalized spacial score (nSPS) is 12.7. The molecule has 0 heterocycles. The first kappa shape index (κ1) is 9.18. The van der Waals surface area contributed by atoms with Crippen molar-refractivity contribution in [1.82, 2.24) is 0 Å². The van der Waals surface area contributed by atoms with Crippen molar-refractivity contribution in [2.45, 2.75) is 33.2 Å². The molecule has 0 fully saturated rings. The van der Waals surface area contributed by atoms with Crippen molar-refractivity contribution < 1.29 is 4.43 Å². The van der Waals surface area contributed by atoms with Gasteiger partial charge in [-0.25, -0.2) is 0 Å². The van der Waals surface area contributed by atoms with Gasteiger partial charge >= 0.3 is 0 Å². The molecule has 0 aliphatic heterocycles. The summed E-state index contributed by atoms with van der Waals surface area (Å²) in [6, 6.07) is 0. The molecule has 0 aliphatic carbocycles. The summed E-state index contributed by atoms with van der Waals surface area (Å²) in [4.78, 5) is 0. The van der Waals surface area contributed by atoms with Crippen LogP contribution in [0.3, 0.4) is 0 Å². The third-order valence-electron chi connectivity index (χ3n) is 0.902. The van der Waals surface area contributed by atoms with E-state index in [4.69, 9.17) is 4.43 Å². The van der Waals surface area contributed by atoms with Gasteiger partial charge in [0.25, 0.3) is 0 Å². The standard InChI is InChI=1S/C7H18OSi/c1-6(2)5-8-9-7(3)4/h6-7H,5,9H2,1-4H3. The second kappa shape index (κ2) is 5.00. The van der Waals surface area contributed by atoms with Gasteiger partial charge in [0.1, 0.15) is 0 Å². The fraction of sp³-hybridized carbons (Fsp3) is 1.00. The van der Waals surface area contributed by atoms with Crippen LogP contribution in [0.15, 0.2) is 0 Å². The quantitative estimate of drug-likeness (QED) is 0.547. The van der Waals surface area contributed by atoms with Gasteiger partial charge < -0.3 is 4.43 Å². The number of rotatable bonds is 4. The molecular weight excluding hydrogens is 128 g/mol. The molecule has 0 bridgehead atoms. The maximum absolute atomic E-state index is 5.50. The second-order valence-corrected chi connectivity index (χ2v) is 5.70. The molecule has 0 aromatic carbocycles. The zero-order chi connectivity index (χ0) is 7.28. The molecule has 0 amide bonds. The van der Waals surface area contributed by atoms with Crippen LogP contribution in [0.2, 0.25) is 5.54 Å². The third kappa shape index (κ3) is 8.18. The number of hydrogen-bond acceptors (Lipinski definition) is 1. The van der Waals surface area contributed by atoms with Crippen molar-refractivity contribution in [1.29, 1.82) is 0 Å². The fourth-order valence-electron chi connectivity index (χ4n) is 0.539. The van der Waals surface area contributed by atoms with Crippen LogP contribution in [0.1, 0.15) is 27.7 Å². The van der Waals surface area contributed by atoms with Crippen molar-refractivity contribution >= 4 is 9.76 Å². The van der Waals surface area contributed by atoms with E-state index in [9.17, 15) is 0 Å². The molecule has 56 valence electrons. The average Bonchev–Trinajstić information content (AvgIpc) is 1.63. The minimum Gasteiger partial charge on any atom is -0.423 e. The van der Waals surface area contributed by atoms with Crippen LogP contribution >= 0.6 is 0 Å². The summed E-state index contributed by atoms with van der Waals surface area (Å²) in [6.45, 7) is 9.80. The lowest BCUT2D eigenvalue weighted by atomic mass is 10.2. The van der Waals surface area contributed by atoms with E-state index in [0.717, 1.165) is 12.1 Å². The van der Waals surface area contributed by atoms with Gasteiger partial charge in [-0.2, -0.15) is 0 Å². The molecule has 0 aromatic heterocycles. The second-order valence-electron chi connectivity index (χ2n) is 3.33. The van der Waals surface area contributed by atoms with Gasteiger partial charge in [0, 0.05) is 6.61 Å². The van der Waals surface area contributed by atoms with E-state index in [2.05, 4.69) is 27.7 Å². The zero-order valence-corrected chi connectivity index (χ0v) is 8.39. The Morgan fingerprint density at radius 1 is 1.22 bits per heavy atom. The minimum atomic E-state index is -0.197. The van der Waals surface area contributed by atoms with Crippen LogP contribution < -0.4 is 0 Å². The van der Waals surface area contributed by atoms with Gasteiger partial charge in [-0.1, -0.05) is 27.7 Å². The van der Waals surface area contributed by atoms with E-state index < -0.39 is 0 Å². The van der Waals surface area contributed by atoms with Gasteiger partial charge in [-0.05, 0) is 11.5 Å². The van der Waals surface area contributed by atoms with Gasteiger partial charge in [0.05, 0.1) is 0 Å². The van der Waals surface area contributed by atoms with E-state index >= 15 is 0 Å². The lowest BCUT2D eigenvalue weighted by molar-refractivity contribution is 0.281. The molecule has 0 saturated heterocycles. The number of hydrogen-bond donors (Lipinski definition) is 0. The van der Waals surface area contributed by atoms with Crippen molar-refractivity contribution in [3.63, 3.8) is 0 Å². The van der Waals surface area contributed by atoms with Crippen molar-refractivity contribution in [3.8, 4) is 0 Å². The highest BCUT2D eigenvalue weighted by atomic mass is 28.2. The van der Waals surface area contributed by atoms with Crippen molar-refractivity contribution in [2.75, 3.05) is 6.61 Å². The van der Waals surface area contributed by atoms with E-state index in [1.807, 2.05) is 0 Å². The summed E-state index contributed by atoms with van der Waals surface area (Å²) in [5.41, 5.74) is 0.809. The first-order chi connectivity index (χ1) is 4.13. The Morgan fingerprint density at radius 2 is 1.78 bits per heavy atom. The summed E-state index contributed by atoms with van der Waals surface area (Å²) < 4.78 is 5.50. The Morgan fingerprint density at radius 3 is 2.11 bits per heavy atom. The lowest BCUT2D eigenvalue weighted by Crippen LogP contribution is -2.07. The van der Waals surface area contributed by atoms with Crippen LogP contribution in [0, 0.1) is 5.92 Å². The van der Waals surface area contributed by atoms with Crippen LogP contribution in [-0.4, -0.2) is 16.4 Å². The maximum Gasteiger partial charge on any atom is 0.164 e. The Bertz CT molecular complexity index is 53.9. The molecule has 0 radical (unpaired) electrons. The molecule has 1 nitrogen and oxygen atoms in total. The minimum absolute atomic E-state index is 0.197. The van der Waals surface area contributed by atoms with Gasteiger partial charge in [0.15, 0.2) is 9.76 Å². The molecular formula is C7H18OSi. The Labute approximate surface area is 60.7 Å². The van der Waals surface area contributed by atoms with Gasteiger partial charge in [0.2, 0.25) is 0 Å². The molecule has 0 N–H and O–H groups in total. The fourth-order valence-corrected chi connectivity index (χ4v) is 1.62. The van der Waals surface area contributed by atoms with Gasteiger partial charge in [-0.15, -0.1) is 0 Å². The molecule has 0 rings (SSSR count). The largest absolute Gasteiger partial charge is 0.423 e.